The minimum atomic E-state index is -4.47. The number of alkyl halides is 3. The van der Waals surface area contributed by atoms with Crippen molar-refractivity contribution in [2.75, 3.05) is 23.7 Å². The van der Waals surface area contributed by atoms with Gasteiger partial charge in [-0.1, -0.05) is 30.3 Å². The lowest BCUT2D eigenvalue weighted by molar-refractivity contribution is -0.137. The average Bonchev–Trinajstić information content (AvgIpc) is 2.63. The van der Waals surface area contributed by atoms with Crippen LogP contribution in [-0.4, -0.2) is 35.1 Å². The number of pyridine rings is 1. The topological polar surface area (TPSA) is 40.2 Å². The Kier molecular flexibility index (Phi) is 7.90. The molecule has 7 heteroatoms. The van der Waals surface area contributed by atoms with E-state index >= 15 is 0 Å². The van der Waals surface area contributed by atoms with Crippen molar-refractivity contribution >= 4 is 11.5 Å². The molecular weight excluding hydrogens is 377 g/mol. The van der Waals surface area contributed by atoms with E-state index in [2.05, 4.69) is 48.2 Å². The smallest absolute Gasteiger partial charge is 0.377 e. The minimum absolute atomic E-state index is 0.00685. The molecule has 1 aromatic carbocycles. The van der Waals surface area contributed by atoms with Crippen LogP contribution in [0.3, 0.4) is 0 Å². The first kappa shape index (κ1) is 23.0. The number of aryl methyl sites for hydroxylation is 1. The van der Waals surface area contributed by atoms with Crippen molar-refractivity contribution in [2.24, 2.45) is 0 Å². The lowest BCUT2D eigenvalue weighted by Gasteiger charge is -2.30. The van der Waals surface area contributed by atoms with Gasteiger partial charge in [-0.15, -0.1) is 0 Å². The predicted octanol–water partition coefficient (Wildman–Crippen LogP) is 5.55. The zero-order valence-corrected chi connectivity index (χ0v) is 17.8. The van der Waals surface area contributed by atoms with Crippen molar-refractivity contribution in [3.05, 3.63) is 53.2 Å². The Hall–Kier alpha value is -2.28. The molecular formula is C22H31F3N4. The van der Waals surface area contributed by atoms with E-state index in [1.807, 2.05) is 30.3 Å². The molecule has 0 aliphatic heterocycles. The Labute approximate surface area is 171 Å². The summed E-state index contributed by atoms with van der Waals surface area (Å²) in [6.45, 7) is 11.5. The number of hydrogen-bond donors (Lipinski definition) is 2. The highest BCUT2D eigenvalue weighted by Gasteiger charge is 2.35. The van der Waals surface area contributed by atoms with Gasteiger partial charge in [0, 0.05) is 37.4 Å². The SMILES string of the molecule is Cc1cc(C(F)(F)F)c(NCc2ccccc2)c(NCCN(C(C)C)C(C)C)n1. The molecule has 4 nitrogen and oxygen atoms in total. The normalized spacial score (nSPS) is 12.1. The van der Waals surface area contributed by atoms with E-state index in [1.54, 1.807) is 6.92 Å². The second-order valence-corrected chi connectivity index (χ2v) is 7.72. The Balaban J connectivity index is 2.26. The van der Waals surface area contributed by atoms with Gasteiger partial charge in [-0.25, -0.2) is 4.98 Å². The van der Waals surface area contributed by atoms with Crippen LogP contribution in [0.1, 0.15) is 44.5 Å². The Morgan fingerprint density at radius 3 is 2.17 bits per heavy atom. The molecule has 0 saturated carbocycles. The van der Waals surface area contributed by atoms with Gasteiger partial charge >= 0.3 is 6.18 Å². The van der Waals surface area contributed by atoms with E-state index in [9.17, 15) is 13.2 Å². The van der Waals surface area contributed by atoms with Gasteiger partial charge in [-0.3, -0.25) is 4.90 Å². The van der Waals surface area contributed by atoms with Crippen molar-refractivity contribution in [2.45, 2.75) is 59.4 Å². The van der Waals surface area contributed by atoms with Gasteiger partial charge in [0.25, 0.3) is 0 Å². The largest absolute Gasteiger partial charge is 0.418 e. The van der Waals surface area contributed by atoms with Crippen LogP contribution >= 0.6 is 0 Å². The van der Waals surface area contributed by atoms with E-state index in [-0.39, 0.29) is 18.1 Å². The molecule has 0 atom stereocenters. The van der Waals surface area contributed by atoms with Crippen LogP contribution in [0.2, 0.25) is 0 Å². The lowest BCUT2D eigenvalue weighted by atomic mass is 10.1. The standard InChI is InChI=1S/C22H31F3N4/c1-15(2)29(16(3)4)12-11-26-21-20(27-14-18-9-7-6-8-10-18)19(22(23,24)25)13-17(5)28-21/h6-10,13,15-16,27H,11-12,14H2,1-5H3,(H,26,28). The molecule has 160 valence electrons. The van der Waals surface area contributed by atoms with Crippen LogP contribution in [0.4, 0.5) is 24.7 Å². The molecule has 0 bridgehead atoms. The molecule has 2 N–H and O–H groups in total. The van der Waals surface area contributed by atoms with Crippen LogP contribution in [0.25, 0.3) is 0 Å². The van der Waals surface area contributed by atoms with Crippen molar-refractivity contribution in [3.63, 3.8) is 0 Å². The highest BCUT2D eigenvalue weighted by atomic mass is 19.4. The van der Waals surface area contributed by atoms with Crippen LogP contribution < -0.4 is 10.6 Å². The fraction of sp³-hybridized carbons (Fsp3) is 0.500. The number of aromatic nitrogens is 1. The van der Waals surface area contributed by atoms with Gasteiger partial charge in [-0.2, -0.15) is 13.2 Å². The molecule has 29 heavy (non-hydrogen) atoms. The van der Waals surface area contributed by atoms with E-state index in [4.69, 9.17) is 0 Å². The second kappa shape index (κ2) is 9.96. The number of halogens is 3. The summed E-state index contributed by atoms with van der Waals surface area (Å²) < 4.78 is 41.1. The molecule has 2 rings (SSSR count). The number of hydrogen-bond acceptors (Lipinski definition) is 4. The number of rotatable bonds is 9. The molecule has 0 amide bonds. The molecule has 0 saturated heterocycles. The Bertz CT molecular complexity index is 766. The maximum absolute atomic E-state index is 13.7. The molecule has 0 aliphatic carbocycles. The molecule has 0 radical (unpaired) electrons. The molecule has 0 fully saturated rings. The minimum Gasteiger partial charge on any atom is -0.377 e. The summed E-state index contributed by atoms with van der Waals surface area (Å²) in [6, 6.07) is 11.1. The molecule has 1 heterocycles. The van der Waals surface area contributed by atoms with Crippen LogP contribution in [0.15, 0.2) is 36.4 Å². The molecule has 1 aromatic heterocycles. The van der Waals surface area contributed by atoms with Crippen molar-refractivity contribution in [3.8, 4) is 0 Å². The average molecular weight is 409 g/mol. The molecule has 0 spiro atoms. The number of nitrogens with zero attached hydrogens (tertiary/aromatic N) is 2. The first-order chi connectivity index (χ1) is 13.6. The molecule has 0 aliphatic rings. The Morgan fingerprint density at radius 1 is 1.00 bits per heavy atom. The predicted molar refractivity (Wildman–Crippen MR) is 113 cm³/mol. The molecule has 2 aromatic rings. The first-order valence-electron chi connectivity index (χ1n) is 9.95. The van der Waals surface area contributed by atoms with Crippen molar-refractivity contribution < 1.29 is 13.2 Å². The summed E-state index contributed by atoms with van der Waals surface area (Å²) in [5.41, 5.74) is 0.521. The summed E-state index contributed by atoms with van der Waals surface area (Å²) >= 11 is 0. The van der Waals surface area contributed by atoms with Crippen LogP contribution in [0.5, 0.6) is 0 Å². The monoisotopic (exact) mass is 408 g/mol. The van der Waals surface area contributed by atoms with Gasteiger partial charge < -0.3 is 10.6 Å². The lowest BCUT2D eigenvalue weighted by Crippen LogP contribution is -2.40. The summed E-state index contributed by atoms with van der Waals surface area (Å²) in [5.74, 6) is 0.237. The fourth-order valence-corrected chi connectivity index (χ4v) is 3.41. The summed E-state index contributed by atoms with van der Waals surface area (Å²) in [5, 5.41) is 6.08. The van der Waals surface area contributed by atoms with Gasteiger partial charge in [0.05, 0.1) is 11.3 Å². The van der Waals surface area contributed by atoms with Gasteiger partial charge in [0.1, 0.15) is 5.82 Å². The quantitative estimate of drug-likeness (QED) is 0.571. The number of anilines is 2. The maximum Gasteiger partial charge on any atom is 0.418 e. The van der Waals surface area contributed by atoms with Gasteiger partial charge in [0.2, 0.25) is 0 Å². The van der Waals surface area contributed by atoms with Crippen LogP contribution in [0, 0.1) is 6.92 Å². The first-order valence-corrected chi connectivity index (χ1v) is 9.95. The van der Waals surface area contributed by atoms with Gasteiger partial charge in [-0.05, 0) is 46.2 Å². The van der Waals surface area contributed by atoms with Crippen LogP contribution in [-0.2, 0) is 12.7 Å². The molecule has 0 unspecified atom stereocenters. The Morgan fingerprint density at radius 2 is 1.62 bits per heavy atom. The van der Waals surface area contributed by atoms with E-state index < -0.39 is 11.7 Å². The summed E-state index contributed by atoms with van der Waals surface area (Å²) in [7, 11) is 0. The highest BCUT2D eigenvalue weighted by Crippen LogP contribution is 2.38. The maximum atomic E-state index is 13.7. The van der Waals surface area contributed by atoms with Crippen molar-refractivity contribution in [1.82, 2.24) is 9.88 Å². The second-order valence-electron chi connectivity index (χ2n) is 7.72. The third-order valence-electron chi connectivity index (χ3n) is 4.75. The summed E-state index contributed by atoms with van der Waals surface area (Å²) in [6.07, 6.45) is -4.47. The zero-order chi connectivity index (χ0) is 21.6. The van der Waals surface area contributed by atoms with Gasteiger partial charge in [0.15, 0.2) is 0 Å². The number of benzene rings is 1. The third-order valence-corrected chi connectivity index (χ3v) is 4.75. The van der Waals surface area contributed by atoms with E-state index in [0.29, 0.717) is 30.9 Å². The third kappa shape index (κ3) is 6.63. The fourth-order valence-electron chi connectivity index (χ4n) is 3.41. The highest BCUT2D eigenvalue weighted by molar-refractivity contribution is 5.70. The van der Waals surface area contributed by atoms with Crippen molar-refractivity contribution in [1.29, 1.82) is 0 Å². The number of nitrogens with one attached hydrogen (secondary N) is 2. The van der Waals surface area contributed by atoms with E-state index in [0.717, 1.165) is 11.6 Å². The van der Waals surface area contributed by atoms with E-state index in [1.165, 1.54) is 0 Å². The zero-order valence-electron chi connectivity index (χ0n) is 17.8. The summed E-state index contributed by atoms with van der Waals surface area (Å²) in [4.78, 5) is 6.64.